The first kappa shape index (κ1) is 10.7. The van der Waals surface area contributed by atoms with Gasteiger partial charge < -0.3 is 0 Å². The van der Waals surface area contributed by atoms with E-state index in [1.54, 1.807) is 0 Å². The lowest BCUT2D eigenvalue weighted by atomic mass is 9.79. The van der Waals surface area contributed by atoms with Crippen molar-refractivity contribution in [2.45, 2.75) is 40.5 Å². The Morgan fingerprint density at radius 3 is 2.67 bits per heavy atom. The first-order chi connectivity index (χ1) is 6.98. The maximum atomic E-state index is 8.86. The molecule has 1 heteroatoms. The van der Waals surface area contributed by atoms with E-state index in [2.05, 4.69) is 32.9 Å². The maximum Gasteiger partial charge on any atom is 0.0940 e. The highest BCUT2D eigenvalue weighted by atomic mass is 14.7. The Balaban J connectivity index is 2.20. The minimum atomic E-state index is 0.529. The highest BCUT2D eigenvalue weighted by Crippen LogP contribution is 2.68. The SMILES string of the molecule is CC(C#N)=CC1C(C)CCC2C1C2(C)C. The molecule has 4 atom stereocenters. The minimum Gasteiger partial charge on any atom is -0.193 e. The summed E-state index contributed by atoms with van der Waals surface area (Å²) < 4.78 is 0. The third-order valence-electron chi connectivity index (χ3n) is 4.76. The van der Waals surface area contributed by atoms with Crippen molar-refractivity contribution in [3.63, 3.8) is 0 Å². The Hall–Kier alpha value is -0.770. The minimum absolute atomic E-state index is 0.529. The van der Waals surface area contributed by atoms with Gasteiger partial charge in [0.1, 0.15) is 0 Å². The molecule has 2 saturated carbocycles. The zero-order valence-corrected chi connectivity index (χ0v) is 10.2. The van der Waals surface area contributed by atoms with Crippen LogP contribution >= 0.6 is 0 Å². The summed E-state index contributed by atoms with van der Waals surface area (Å²) in [5, 5.41) is 8.86. The molecule has 0 aromatic rings. The van der Waals surface area contributed by atoms with E-state index in [9.17, 15) is 0 Å². The molecule has 0 spiro atoms. The summed E-state index contributed by atoms with van der Waals surface area (Å²) in [5.41, 5.74) is 1.43. The molecule has 0 radical (unpaired) electrons. The number of allylic oxidation sites excluding steroid dienone is 2. The van der Waals surface area contributed by atoms with Gasteiger partial charge in [-0.2, -0.15) is 5.26 Å². The van der Waals surface area contributed by atoms with Gasteiger partial charge in [-0.15, -0.1) is 0 Å². The van der Waals surface area contributed by atoms with Gasteiger partial charge in [0, 0.05) is 5.57 Å². The lowest BCUT2D eigenvalue weighted by Gasteiger charge is -2.26. The molecular weight excluding hydrogens is 182 g/mol. The molecule has 0 bridgehead atoms. The van der Waals surface area contributed by atoms with Gasteiger partial charge in [0.25, 0.3) is 0 Å². The molecule has 0 heterocycles. The molecule has 2 rings (SSSR count). The summed E-state index contributed by atoms with van der Waals surface area (Å²) in [6, 6.07) is 2.26. The van der Waals surface area contributed by atoms with Crippen LogP contribution in [0.3, 0.4) is 0 Å². The molecule has 82 valence electrons. The zero-order valence-electron chi connectivity index (χ0n) is 10.2. The average molecular weight is 203 g/mol. The van der Waals surface area contributed by atoms with Crippen molar-refractivity contribution in [2.75, 3.05) is 0 Å². The Kier molecular flexibility index (Phi) is 2.41. The number of fused-ring (bicyclic) bond motifs is 1. The summed E-state index contributed by atoms with van der Waals surface area (Å²) >= 11 is 0. The van der Waals surface area contributed by atoms with E-state index in [1.165, 1.54) is 12.8 Å². The van der Waals surface area contributed by atoms with Crippen molar-refractivity contribution in [1.82, 2.24) is 0 Å². The second-order valence-electron chi connectivity index (χ2n) is 6.05. The molecule has 0 N–H and O–H groups in total. The highest BCUT2D eigenvalue weighted by Gasteiger charge is 2.62. The number of nitriles is 1. The van der Waals surface area contributed by atoms with Crippen molar-refractivity contribution in [3.05, 3.63) is 11.6 Å². The Labute approximate surface area is 93.2 Å². The molecule has 2 aliphatic rings. The summed E-state index contributed by atoms with van der Waals surface area (Å²) in [4.78, 5) is 0. The molecule has 2 aliphatic carbocycles. The number of hydrogen-bond donors (Lipinski definition) is 0. The molecule has 0 aromatic heterocycles. The fourth-order valence-electron chi connectivity index (χ4n) is 3.69. The Morgan fingerprint density at radius 1 is 1.40 bits per heavy atom. The summed E-state index contributed by atoms with van der Waals surface area (Å²) in [5.74, 6) is 3.17. The molecule has 0 aromatic carbocycles. The normalized spacial score (nSPS) is 43.0. The van der Waals surface area contributed by atoms with Crippen LogP contribution in [0.4, 0.5) is 0 Å². The number of nitrogens with zero attached hydrogens (tertiary/aromatic N) is 1. The van der Waals surface area contributed by atoms with Crippen LogP contribution in [-0.4, -0.2) is 0 Å². The van der Waals surface area contributed by atoms with Gasteiger partial charge in [0.15, 0.2) is 0 Å². The molecule has 4 unspecified atom stereocenters. The lowest BCUT2D eigenvalue weighted by Crippen LogP contribution is -2.18. The van der Waals surface area contributed by atoms with Gasteiger partial charge in [-0.3, -0.25) is 0 Å². The first-order valence-corrected chi connectivity index (χ1v) is 6.07. The maximum absolute atomic E-state index is 8.86. The van der Waals surface area contributed by atoms with Gasteiger partial charge in [-0.05, 0) is 48.9 Å². The lowest BCUT2D eigenvalue weighted by molar-refractivity contribution is 0.284. The van der Waals surface area contributed by atoms with Crippen molar-refractivity contribution in [1.29, 1.82) is 5.26 Å². The van der Waals surface area contributed by atoms with Crippen LogP contribution in [-0.2, 0) is 0 Å². The Morgan fingerprint density at radius 2 is 2.07 bits per heavy atom. The molecule has 0 saturated heterocycles. The summed E-state index contributed by atoms with van der Waals surface area (Å²) in [6.45, 7) is 9.06. The van der Waals surface area contributed by atoms with Gasteiger partial charge in [0.05, 0.1) is 6.07 Å². The van der Waals surface area contributed by atoms with Crippen LogP contribution in [0.15, 0.2) is 11.6 Å². The number of hydrogen-bond acceptors (Lipinski definition) is 1. The first-order valence-electron chi connectivity index (χ1n) is 6.07. The van der Waals surface area contributed by atoms with Crippen LogP contribution < -0.4 is 0 Å². The van der Waals surface area contributed by atoms with Crippen molar-refractivity contribution < 1.29 is 0 Å². The predicted molar refractivity (Wildman–Crippen MR) is 62.0 cm³/mol. The van der Waals surface area contributed by atoms with E-state index < -0.39 is 0 Å². The second-order valence-corrected chi connectivity index (χ2v) is 6.05. The Bertz CT molecular complexity index is 332. The zero-order chi connectivity index (χ0) is 11.2. The topological polar surface area (TPSA) is 23.8 Å². The second kappa shape index (κ2) is 3.37. The van der Waals surface area contributed by atoms with Gasteiger partial charge in [-0.1, -0.05) is 26.8 Å². The van der Waals surface area contributed by atoms with Crippen LogP contribution in [0.1, 0.15) is 40.5 Å². The standard InChI is InChI=1S/C14H21N/c1-9(8-15)7-11-10(2)5-6-12-13(11)14(12,3)4/h7,10-13H,5-6H2,1-4H3. The monoisotopic (exact) mass is 203 g/mol. The van der Waals surface area contributed by atoms with Crippen molar-refractivity contribution in [2.24, 2.45) is 29.1 Å². The summed E-state index contributed by atoms with van der Waals surface area (Å²) in [7, 11) is 0. The van der Waals surface area contributed by atoms with Crippen LogP contribution in [0.25, 0.3) is 0 Å². The molecule has 15 heavy (non-hydrogen) atoms. The van der Waals surface area contributed by atoms with Crippen LogP contribution in [0.2, 0.25) is 0 Å². The molecular formula is C14H21N. The number of rotatable bonds is 1. The van der Waals surface area contributed by atoms with Crippen LogP contribution in [0, 0.1) is 40.4 Å². The van der Waals surface area contributed by atoms with Crippen molar-refractivity contribution in [3.8, 4) is 6.07 Å². The van der Waals surface area contributed by atoms with E-state index in [4.69, 9.17) is 5.26 Å². The van der Waals surface area contributed by atoms with E-state index in [0.29, 0.717) is 11.3 Å². The van der Waals surface area contributed by atoms with Gasteiger partial charge in [-0.25, -0.2) is 0 Å². The van der Waals surface area contributed by atoms with E-state index in [1.807, 2.05) is 6.92 Å². The highest BCUT2D eigenvalue weighted by molar-refractivity contribution is 5.23. The third-order valence-corrected chi connectivity index (χ3v) is 4.76. The quantitative estimate of drug-likeness (QED) is 0.595. The van der Waals surface area contributed by atoms with Gasteiger partial charge >= 0.3 is 0 Å². The van der Waals surface area contributed by atoms with E-state index in [0.717, 1.165) is 23.3 Å². The fourth-order valence-corrected chi connectivity index (χ4v) is 3.69. The largest absolute Gasteiger partial charge is 0.193 e. The van der Waals surface area contributed by atoms with Crippen molar-refractivity contribution >= 4 is 0 Å². The van der Waals surface area contributed by atoms with E-state index >= 15 is 0 Å². The molecule has 0 aliphatic heterocycles. The van der Waals surface area contributed by atoms with Gasteiger partial charge in [0.2, 0.25) is 0 Å². The van der Waals surface area contributed by atoms with Crippen LogP contribution in [0.5, 0.6) is 0 Å². The average Bonchev–Trinajstić information content (AvgIpc) is 2.73. The molecule has 0 amide bonds. The predicted octanol–water partition coefficient (Wildman–Crippen LogP) is 3.77. The van der Waals surface area contributed by atoms with E-state index in [-0.39, 0.29) is 0 Å². The molecule has 2 fully saturated rings. The third kappa shape index (κ3) is 1.61. The smallest absolute Gasteiger partial charge is 0.0940 e. The molecule has 1 nitrogen and oxygen atoms in total. The summed E-state index contributed by atoms with van der Waals surface area (Å²) in [6.07, 6.45) is 4.97. The fraction of sp³-hybridized carbons (Fsp3) is 0.786.